The Morgan fingerprint density at radius 2 is 2.00 bits per heavy atom. The highest BCUT2D eigenvalue weighted by Gasteiger charge is 2.20. The highest BCUT2D eigenvalue weighted by atomic mass is 15.2. The maximum absolute atomic E-state index is 4.55. The molecule has 1 aliphatic heterocycles. The molecule has 1 N–H and O–H groups in total. The first-order valence-corrected chi connectivity index (χ1v) is 7.60. The van der Waals surface area contributed by atoms with Gasteiger partial charge in [-0.3, -0.25) is 4.98 Å². The molecule has 1 fully saturated rings. The molecule has 0 saturated carbocycles. The van der Waals surface area contributed by atoms with Crippen LogP contribution in [-0.4, -0.2) is 55.1 Å². The summed E-state index contributed by atoms with van der Waals surface area (Å²) in [5.41, 5.74) is 1.01. The van der Waals surface area contributed by atoms with Crippen LogP contribution < -0.4 is 10.2 Å². The lowest BCUT2D eigenvalue weighted by Gasteiger charge is -2.33. The summed E-state index contributed by atoms with van der Waals surface area (Å²) < 4.78 is 0. The first kappa shape index (κ1) is 15.2. The van der Waals surface area contributed by atoms with Crippen molar-refractivity contribution in [3.05, 3.63) is 18.1 Å². The molecule has 0 unspecified atom stereocenters. The summed E-state index contributed by atoms with van der Waals surface area (Å²) in [5.74, 6) is 1.84. The van der Waals surface area contributed by atoms with E-state index in [9.17, 15) is 0 Å². The molecule has 112 valence electrons. The molecule has 0 aliphatic carbocycles. The largest absolute Gasteiger partial charge is 0.355 e. The number of aromatic nitrogens is 2. The van der Waals surface area contributed by atoms with Crippen molar-refractivity contribution in [3.8, 4) is 0 Å². The predicted octanol–water partition coefficient (Wildman–Crippen LogP) is 1.36. The van der Waals surface area contributed by atoms with Gasteiger partial charge in [0, 0.05) is 26.2 Å². The molecule has 5 nitrogen and oxygen atoms in total. The molecule has 20 heavy (non-hydrogen) atoms. The van der Waals surface area contributed by atoms with Crippen LogP contribution in [0.3, 0.4) is 0 Å². The monoisotopic (exact) mass is 277 g/mol. The van der Waals surface area contributed by atoms with E-state index in [4.69, 9.17) is 0 Å². The highest BCUT2D eigenvalue weighted by Crippen LogP contribution is 2.21. The topological polar surface area (TPSA) is 44.3 Å². The molecular formula is C15H27N5. The van der Waals surface area contributed by atoms with Gasteiger partial charge in [-0.2, -0.15) is 0 Å². The average molecular weight is 277 g/mol. The van der Waals surface area contributed by atoms with Gasteiger partial charge in [-0.05, 0) is 39.4 Å². The predicted molar refractivity (Wildman–Crippen MR) is 82.9 cm³/mol. The molecule has 2 heterocycles. The van der Waals surface area contributed by atoms with E-state index < -0.39 is 0 Å². The molecule has 1 aromatic rings. The van der Waals surface area contributed by atoms with Gasteiger partial charge in [0.1, 0.15) is 5.82 Å². The summed E-state index contributed by atoms with van der Waals surface area (Å²) in [4.78, 5) is 13.7. The fourth-order valence-electron chi connectivity index (χ4n) is 2.72. The first-order chi connectivity index (χ1) is 9.69. The zero-order valence-electron chi connectivity index (χ0n) is 13.0. The lowest BCUT2D eigenvalue weighted by Crippen LogP contribution is -2.37. The van der Waals surface area contributed by atoms with Crippen LogP contribution in [-0.2, 0) is 6.54 Å². The molecule has 2 rings (SSSR count). The quantitative estimate of drug-likeness (QED) is 0.850. The Kier molecular flexibility index (Phi) is 5.73. The smallest absolute Gasteiger partial charge is 0.147 e. The lowest BCUT2D eigenvalue weighted by molar-refractivity contribution is 0.284. The van der Waals surface area contributed by atoms with Gasteiger partial charge in [0.2, 0.25) is 0 Å². The van der Waals surface area contributed by atoms with Crippen molar-refractivity contribution in [1.29, 1.82) is 0 Å². The second-order valence-corrected chi connectivity index (χ2v) is 5.84. The van der Waals surface area contributed by atoms with Gasteiger partial charge in [-0.1, -0.05) is 6.92 Å². The maximum Gasteiger partial charge on any atom is 0.147 e. The first-order valence-electron chi connectivity index (χ1n) is 7.60. The maximum atomic E-state index is 4.55. The van der Waals surface area contributed by atoms with E-state index in [0.717, 1.165) is 43.6 Å². The molecule has 0 atom stereocenters. The summed E-state index contributed by atoms with van der Waals surface area (Å²) >= 11 is 0. The second-order valence-electron chi connectivity index (χ2n) is 5.84. The van der Waals surface area contributed by atoms with Crippen LogP contribution in [0.5, 0.6) is 0 Å². The SMILES string of the molecule is CCNCc1cnc(N2CCC(CN(C)C)CC2)cn1. The zero-order valence-corrected chi connectivity index (χ0v) is 13.0. The van der Waals surface area contributed by atoms with Gasteiger partial charge in [0.05, 0.1) is 18.1 Å². The third-order valence-electron chi connectivity index (χ3n) is 3.81. The molecule has 1 aromatic heterocycles. The average Bonchev–Trinajstić information content (AvgIpc) is 2.46. The lowest BCUT2D eigenvalue weighted by atomic mass is 9.96. The number of hydrogen-bond acceptors (Lipinski definition) is 5. The Morgan fingerprint density at radius 3 is 2.55 bits per heavy atom. The van der Waals surface area contributed by atoms with Crippen molar-refractivity contribution in [2.24, 2.45) is 5.92 Å². The highest BCUT2D eigenvalue weighted by molar-refractivity contribution is 5.36. The van der Waals surface area contributed by atoms with Gasteiger partial charge in [-0.15, -0.1) is 0 Å². The Hall–Kier alpha value is -1.20. The minimum Gasteiger partial charge on any atom is -0.355 e. The van der Waals surface area contributed by atoms with Crippen LogP contribution in [0.2, 0.25) is 0 Å². The molecule has 1 saturated heterocycles. The van der Waals surface area contributed by atoms with Crippen molar-refractivity contribution in [3.63, 3.8) is 0 Å². The Bertz CT molecular complexity index is 382. The molecule has 0 aromatic carbocycles. The van der Waals surface area contributed by atoms with Gasteiger partial charge in [-0.25, -0.2) is 4.98 Å². The van der Waals surface area contributed by atoms with Gasteiger partial charge >= 0.3 is 0 Å². The Balaban J connectivity index is 1.84. The van der Waals surface area contributed by atoms with E-state index in [-0.39, 0.29) is 0 Å². The molecule has 0 radical (unpaired) electrons. The van der Waals surface area contributed by atoms with Crippen molar-refractivity contribution >= 4 is 5.82 Å². The number of nitrogens with zero attached hydrogens (tertiary/aromatic N) is 4. The van der Waals surface area contributed by atoms with Crippen LogP contribution in [0.15, 0.2) is 12.4 Å². The van der Waals surface area contributed by atoms with Crippen molar-refractivity contribution in [1.82, 2.24) is 20.2 Å². The summed E-state index contributed by atoms with van der Waals surface area (Å²) in [6, 6.07) is 0. The number of anilines is 1. The van der Waals surface area contributed by atoms with Crippen LogP contribution in [0, 0.1) is 5.92 Å². The van der Waals surface area contributed by atoms with Crippen molar-refractivity contribution in [2.75, 3.05) is 45.2 Å². The number of rotatable bonds is 6. The Labute approximate surface area is 122 Å². The van der Waals surface area contributed by atoms with Crippen LogP contribution in [0.4, 0.5) is 5.82 Å². The summed E-state index contributed by atoms with van der Waals surface area (Å²) in [6.45, 7) is 7.25. The zero-order chi connectivity index (χ0) is 14.4. The minimum absolute atomic E-state index is 0.800. The molecule has 0 spiro atoms. The fraction of sp³-hybridized carbons (Fsp3) is 0.733. The standard InChI is InChI=1S/C15H27N5/c1-4-16-9-14-10-18-15(11-17-14)20-7-5-13(6-8-20)12-19(2)3/h10-11,13,16H,4-9,12H2,1-3H3. The normalized spacial score (nSPS) is 16.9. The van der Waals surface area contributed by atoms with E-state index in [2.05, 4.69) is 46.1 Å². The fourth-order valence-corrected chi connectivity index (χ4v) is 2.72. The second kappa shape index (κ2) is 7.55. The van der Waals surface area contributed by atoms with Crippen molar-refractivity contribution in [2.45, 2.75) is 26.3 Å². The number of hydrogen-bond donors (Lipinski definition) is 1. The third kappa shape index (κ3) is 4.42. The summed E-state index contributed by atoms with van der Waals surface area (Å²) in [7, 11) is 4.31. The Morgan fingerprint density at radius 1 is 1.25 bits per heavy atom. The summed E-state index contributed by atoms with van der Waals surface area (Å²) in [6.07, 6.45) is 6.31. The van der Waals surface area contributed by atoms with Gasteiger partial charge in [0.25, 0.3) is 0 Å². The number of nitrogens with one attached hydrogen (secondary N) is 1. The van der Waals surface area contributed by atoms with E-state index in [1.807, 2.05) is 12.4 Å². The van der Waals surface area contributed by atoms with E-state index in [1.165, 1.54) is 19.4 Å². The minimum atomic E-state index is 0.800. The van der Waals surface area contributed by atoms with Crippen molar-refractivity contribution < 1.29 is 0 Å². The molecule has 0 amide bonds. The van der Waals surface area contributed by atoms with E-state index >= 15 is 0 Å². The molecule has 5 heteroatoms. The van der Waals surface area contributed by atoms with Gasteiger partial charge in [0.15, 0.2) is 0 Å². The van der Waals surface area contributed by atoms with Gasteiger partial charge < -0.3 is 15.1 Å². The molecule has 0 bridgehead atoms. The number of piperidine rings is 1. The van der Waals surface area contributed by atoms with E-state index in [1.54, 1.807) is 0 Å². The third-order valence-corrected chi connectivity index (χ3v) is 3.81. The molecule has 1 aliphatic rings. The molecular weight excluding hydrogens is 250 g/mol. The van der Waals surface area contributed by atoms with Crippen LogP contribution in [0.25, 0.3) is 0 Å². The van der Waals surface area contributed by atoms with Crippen LogP contribution in [0.1, 0.15) is 25.5 Å². The van der Waals surface area contributed by atoms with Crippen LogP contribution >= 0.6 is 0 Å². The summed E-state index contributed by atoms with van der Waals surface area (Å²) in [5, 5.41) is 3.27. The van der Waals surface area contributed by atoms with E-state index in [0.29, 0.717) is 0 Å².